The van der Waals surface area contributed by atoms with Gasteiger partial charge >= 0.3 is 0 Å². The molecule has 0 saturated carbocycles. The molecule has 2 N–H and O–H groups in total. The number of aromatic nitrogens is 2. The maximum absolute atomic E-state index is 12.5. The van der Waals surface area contributed by atoms with E-state index >= 15 is 0 Å². The van der Waals surface area contributed by atoms with Crippen molar-refractivity contribution < 1.29 is 9.53 Å². The van der Waals surface area contributed by atoms with Crippen LogP contribution in [0.4, 0.5) is 5.82 Å². The molecule has 2 heterocycles. The molecular formula is C15H17ClN4O2. The molecule has 22 heavy (non-hydrogen) atoms. The van der Waals surface area contributed by atoms with Gasteiger partial charge < -0.3 is 15.0 Å². The van der Waals surface area contributed by atoms with E-state index in [4.69, 9.17) is 16.3 Å². The van der Waals surface area contributed by atoms with E-state index in [2.05, 4.69) is 27.5 Å². The third kappa shape index (κ3) is 2.80. The molecule has 0 radical (unpaired) electrons. The lowest BCUT2D eigenvalue weighted by atomic mass is 10.1. The van der Waals surface area contributed by atoms with Crippen LogP contribution in [0.25, 0.3) is 0 Å². The highest BCUT2D eigenvalue weighted by molar-refractivity contribution is 6.31. The van der Waals surface area contributed by atoms with Crippen LogP contribution >= 0.6 is 11.6 Å². The average molecular weight is 321 g/mol. The number of hydrogen-bond donors (Lipinski definition) is 2. The lowest BCUT2D eigenvalue weighted by Crippen LogP contribution is -2.26. The molecule has 1 aromatic carbocycles. The lowest BCUT2D eigenvalue weighted by molar-refractivity contribution is 0.102. The first kappa shape index (κ1) is 14.9. The number of methoxy groups -OCH3 is 1. The summed E-state index contributed by atoms with van der Waals surface area (Å²) in [5.41, 5.74) is 2.49. The maximum Gasteiger partial charge on any atom is 0.260 e. The van der Waals surface area contributed by atoms with Crippen molar-refractivity contribution in [2.45, 2.75) is 13.0 Å². The van der Waals surface area contributed by atoms with Gasteiger partial charge in [-0.15, -0.1) is 0 Å². The van der Waals surface area contributed by atoms with E-state index in [1.165, 1.54) is 7.11 Å². The minimum absolute atomic E-state index is 0.285. The summed E-state index contributed by atoms with van der Waals surface area (Å²) < 4.78 is 5.21. The molecule has 0 spiro atoms. The Morgan fingerprint density at radius 2 is 2.32 bits per heavy atom. The predicted molar refractivity (Wildman–Crippen MR) is 84.6 cm³/mol. The van der Waals surface area contributed by atoms with Crippen LogP contribution in [-0.4, -0.2) is 41.7 Å². The minimum atomic E-state index is -0.285. The van der Waals surface area contributed by atoms with Gasteiger partial charge in [-0.2, -0.15) is 5.10 Å². The highest BCUT2D eigenvalue weighted by atomic mass is 35.5. The zero-order valence-corrected chi connectivity index (χ0v) is 13.2. The van der Waals surface area contributed by atoms with E-state index in [1.807, 2.05) is 0 Å². The Kier molecular flexibility index (Phi) is 4.04. The number of carbonyl (C=O) groups excluding carboxylic acids is 1. The first-order chi connectivity index (χ1) is 10.6. The monoisotopic (exact) mass is 320 g/mol. The first-order valence-electron chi connectivity index (χ1n) is 6.98. The smallest absolute Gasteiger partial charge is 0.260 e. The maximum atomic E-state index is 12.5. The Bertz CT molecular complexity index is 714. The Labute approximate surface area is 133 Å². The van der Waals surface area contributed by atoms with E-state index in [0.717, 1.165) is 30.8 Å². The van der Waals surface area contributed by atoms with Gasteiger partial charge in [-0.25, -0.2) is 0 Å². The number of anilines is 1. The molecule has 1 aliphatic heterocycles. The molecule has 6 nitrogen and oxygen atoms in total. The van der Waals surface area contributed by atoms with Crippen LogP contribution < -0.4 is 10.1 Å². The largest absolute Gasteiger partial charge is 0.496 e. The summed E-state index contributed by atoms with van der Waals surface area (Å²) in [6.45, 7) is 1.74. The van der Waals surface area contributed by atoms with Crippen molar-refractivity contribution in [3.63, 3.8) is 0 Å². The van der Waals surface area contributed by atoms with Crippen LogP contribution in [-0.2, 0) is 13.0 Å². The number of carbonyl (C=O) groups is 1. The van der Waals surface area contributed by atoms with Gasteiger partial charge in [0, 0.05) is 23.7 Å². The molecule has 0 saturated heterocycles. The number of fused-ring (bicyclic) bond motifs is 1. The van der Waals surface area contributed by atoms with Crippen molar-refractivity contribution in [2.75, 3.05) is 26.0 Å². The van der Waals surface area contributed by atoms with E-state index < -0.39 is 0 Å². The van der Waals surface area contributed by atoms with Crippen LogP contribution in [0.5, 0.6) is 5.75 Å². The number of rotatable bonds is 3. The number of H-pyrrole nitrogens is 1. The molecule has 0 fully saturated rings. The fourth-order valence-electron chi connectivity index (χ4n) is 2.59. The molecule has 0 bridgehead atoms. The summed E-state index contributed by atoms with van der Waals surface area (Å²) in [5, 5.41) is 10.5. The van der Waals surface area contributed by atoms with Crippen LogP contribution in [0.2, 0.25) is 5.02 Å². The molecule has 0 unspecified atom stereocenters. The van der Waals surface area contributed by atoms with Crippen LogP contribution in [0.1, 0.15) is 21.6 Å². The van der Waals surface area contributed by atoms with Gasteiger partial charge in [-0.3, -0.25) is 9.89 Å². The molecule has 0 aliphatic carbocycles. The lowest BCUT2D eigenvalue weighted by Gasteiger charge is -2.21. The second kappa shape index (κ2) is 5.98. The molecule has 1 amide bonds. The zero-order valence-electron chi connectivity index (χ0n) is 12.4. The number of ether oxygens (including phenoxy) is 1. The Morgan fingerprint density at radius 1 is 1.50 bits per heavy atom. The van der Waals surface area contributed by atoms with E-state index in [0.29, 0.717) is 22.2 Å². The van der Waals surface area contributed by atoms with Crippen molar-refractivity contribution in [1.29, 1.82) is 0 Å². The number of nitrogens with zero attached hydrogens (tertiary/aromatic N) is 2. The molecule has 2 aromatic rings. The normalized spacial score (nSPS) is 14.5. The van der Waals surface area contributed by atoms with Crippen LogP contribution in [0.3, 0.4) is 0 Å². The first-order valence-corrected chi connectivity index (χ1v) is 7.36. The molecule has 1 aliphatic rings. The van der Waals surface area contributed by atoms with Crippen molar-refractivity contribution in [3.8, 4) is 5.75 Å². The van der Waals surface area contributed by atoms with Gasteiger partial charge in [0.2, 0.25) is 0 Å². The summed E-state index contributed by atoms with van der Waals surface area (Å²) in [7, 11) is 3.57. The van der Waals surface area contributed by atoms with Crippen LogP contribution in [0, 0.1) is 0 Å². The van der Waals surface area contributed by atoms with Crippen LogP contribution in [0.15, 0.2) is 18.2 Å². The fourth-order valence-corrected chi connectivity index (χ4v) is 2.76. The Morgan fingerprint density at radius 3 is 3.09 bits per heavy atom. The minimum Gasteiger partial charge on any atom is -0.496 e. The second-order valence-electron chi connectivity index (χ2n) is 5.32. The summed E-state index contributed by atoms with van der Waals surface area (Å²) in [4.78, 5) is 14.7. The summed E-state index contributed by atoms with van der Waals surface area (Å²) in [6.07, 6.45) is 0.852. The van der Waals surface area contributed by atoms with E-state index in [1.54, 1.807) is 18.2 Å². The Hall–Kier alpha value is -2.05. The molecule has 1 aromatic heterocycles. The number of hydrogen-bond acceptors (Lipinski definition) is 4. The highest BCUT2D eigenvalue weighted by Crippen LogP contribution is 2.26. The molecule has 7 heteroatoms. The number of aromatic amines is 1. The number of halogens is 1. The summed E-state index contributed by atoms with van der Waals surface area (Å²) in [5.74, 6) is 0.772. The van der Waals surface area contributed by atoms with Crippen molar-refractivity contribution >= 4 is 23.3 Å². The van der Waals surface area contributed by atoms with Crippen molar-refractivity contribution in [3.05, 3.63) is 40.0 Å². The molecule has 3 rings (SSSR count). The van der Waals surface area contributed by atoms with Gasteiger partial charge in [-0.05, 0) is 31.7 Å². The number of benzene rings is 1. The summed E-state index contributed by atoms with van der Waals surface area (Å²) in [6, 6.07) is 4.94. The number of nitrogens with one attached hydrogen (secondary N) is 2. The predicted octanol–water partition coefficient (Wildman–Crippen LogP) is 2.31. The van der Waals surface area contributed by atoms with Crippen molar-refractivity contribution in [1.82, 2.24) is 15.1 Å². The van der Waals surface area contributed by atoms with E-state index in [9.17, 15) is 4.79 Å². The molecule has 116 valence electrons. The van der Waals surface area contributed by atoms with Gasteiger partial charge in [0.1, 0.15) is 5.75 Å². The average Bonchev–Trinajstić information content (AvgIpc) is 2.89. The SMILES string of the molecule is COc1ccc(Cl)cc1C(=O)Nc1n[nH]c2c1CCN(C)C2. The zero-order chi connectivity index (χ0) is 15.7. The van der Waals surface area contributed by atoms with Gasteiger partial charge in [0.25, 0.3) is 5.91 Å². The quantitative estimate of drug-likeness (QED) is 0.910. The highest BCUT2D eigenvalue weighted by Gasteiger charge is 2.22. The summed E-state index contributed by atoms with van der Waals surface area (Å²) >= 11 is 5.97. The molecular weight excluding hydrogens is 304 g/mol. The number of likely N-dealkylation sites (N-methyl/N-ethyl adjacent to an activating group) is 1. The standard InChI is InChI=1S/C15H17ClN4O2/c1-20-6-5-10-12(8-20)18-19-14(10)17-15(21)11-7-9(16)3-4-13(11)22-2/h3-4,7H,5-6,8H2,1-2H3,(H2,17,18,19,21). The van der Waals surface area contributed by atoms with E-state index in [-0.39, 0.29) is 5.91 Å². The Balaban J connectivity index is 1.85. The van der Waals surface area contributed by atoms with Gasteiger partial charge in [0.15, 0.2) is 5.82 Å². The van der Waals surface area contributed by atoms with Gasteiger partial charge in [-0.1, -0.05) is 11.6 Å². The van der Waals surface area contributed by atoms with Crippen molar-refractivity contribution in [2.24, 2.45) is 0 Å². The fraction of sp³-hybridized carbons (Fsp3) is 0.333. The third-order valence-corrected chi connectivity index (χ3v) is 4.00. The number of amides is 1. The second-order valence-corrected chi connectivity index (χ2v) is 5.75. The topological polar surface area (TPSA) is 70.2 Å². The molecule has 0 atom stereocenters. The third-order valence-electron chi connectivity index (χ3n) is 3.76. The van der Waals surface area contributed by atoms with Gasteiger partial charge in [0.05, 0.1) is 18.4 Å².